The lowest BCUT2D eigenvalue weighted by molar-refractivity contribution is 0.111. The lowest BCUT2D eigenvalue weighted by Gasteiger charge is -2.14. The molecule has 1 aromatic heterocycles. The normalized spacial score (nSPS) is 17.7. The molecule has 0 saturated heterocycles. The van der Waals surface area contributed by atoms with E-state index in [0.717, 1.165) is 17.6 Å². The van der Waals surface area contributed by atoms with E-state index in [4.69, 9.17) is 4.74 Å². The van der Waals surface area contributed by atoms with E-state index in [2.05, 4.69) is 18.8 Å². The Labute approximate surface area is 76.7 Å². The van der Waals surface area contributed by atoms with Crippen molar-refractivity contribution in [2.45, 2.75) is 19.3 Å². The summed E-state index contributed by atoms with van der Waals surface area (Å²) in [5, 5.41) is 0. The zero-order valence-corrected chi connectivity index (χ0v) is 7.70. The van der Waals surface area contributed by atoms with Gasteiger partial charge in [-0.1, -0.05) is 13.8 Å². The van der Waals surface area contributed by atoms with Crippen molar-refractivity contribution in [2.75, 3.05) is 6.61 Å². The van der Waals surface area contributed by atoms with Gasteiger partial charge in [0.2, 0.25) is 0 Å². The summed E-state index contributed by atoms with van der Waals surface area (Å²) in [6.07, 6.45) is 2.38. The topological polar surface area (TPSA) is 39.2 Å². The molecule has 0 saturated carbocycles. The summed E-state index contributed by atoms with van der Waals surface area (Å²) in [7, 11) is 0. The molecule has 1 aliphatic rings. The summed E-state index contributed by atoms with van der Waals surface area (Å²) in [6.45, 7) is 4.84. The average Bonchev–Trinajstić information content (AvgIpc) is 2.42. The first-order valence-electron chi connectivity index (χ1n) is 4.22. The van der Waals surface area contributed by atoms with Gasteiger partial charge in [-0.05, 0) is 6.07 Å². The standard InChI is InChI=1S/C10H11NO2/c1-10(2)6-13-9-4-11-7(5-12)3-8(9)10/h3-5H,6H2,1-2H3. The van der Waals surface area contributed by atoms with Crippen LogP contribution in [0, 0.1) is 0 Å². The number of aldehydes is 1. The fraction of sp³-hybridized carbons (Fsp3) is 0.400. The molecule has 0 amide bonds. The van der Waals surface area contributed by atoms with Crippen molar-refractivity contribution in [3.05, 3.63) is 23.5 Å². The lowest BCUT2D eigenvalue weighted by atomic mass is 9.87. The fourth-order valence-electron chi connectivity index (χ4n) is 1.50. The number of carbonyl (C=O) groups excluding carboxylic acids is 1. The van der Waals surface area contributed by atoms with Crippen LogP contribution in [0.25, 0.3) is 0 Å². The van der Waals surface area contributed by atoms with Gasteiger partial charge in [0.1, 0.15) is 11.4 Å². The van der Waals surface area contributed by atoms with Gasteiger partial charge in [-0.25, -0.2) is 4.98 Å². The molecular formula is C10H11NO2. The molecule has 0 atom stereocenters. The summed E-state index contributed by atoms with van der Waals surface area (Å²) < 4.78 is 5.43. The number of ether oxygens (including phenoxy) is 1. The van der Waals surface area contributed by atoms with Crippen LogP contribution in [0.4, 0.5) is 0 Å². The van der Waals surface area contributed by atoms with E-state index in [9.17, 15) is 4.79 Å². The predicted molar refractivity (Wildman–Crippen MR) is 48.1 cm³/mol. The largest absolute Gasteiger partial charge is 0.491 e. The number of nitrogens with zero attached hydrogens (tertiary/aromatic N) is 1. The molecule has 0 aliphatic carbocycles. The van der Waals surface area contributed by atoms with Gasteiger partial charge in [0.05, 0.1) is 12.8 Å². The number of pyridine rings is 1. The SMILES string of the molecule is CC1(C)COc2cnc(C=O)cc21. The first-order chi connectivity index (χ1) is 6.13. The number of fused-ring (bicyclic) bond motifs is 1. The van der Waals surface area contributed by atoms with Crippen molar-refractivity contribution in [3.63, 3.8) is 0 Å². The second-order valence-corrected chi connectivity index (χ2v) is 3.90. The van der Waals surface area contributed by atoms with E-state index in [1.165, 1.54) is 0 Å². The number of rotatable bonds is 1. The summed E-state index contributed by atoms with van der Waals surface area (Å²) >= 11 is 0. The number of hydrogen-bond acceptors (Lipinski definition) is 3. The first-order valence-corrected chi connectivity index (χ1v) is 4.22. The van der Waals surface area contributed by atoms with Crippen LogP contribution in [0.1, 0.15) is 29.9 Å². The minimum atomic E-state index is -0.00394. The Bertz CT molecular complexity index is 358. The zero-order valence-electron chi connectivity index (χ0n) is 7.70. The Morgan fingerprint density at radius 3 is 3.08 bits per heavy atom. The molecule has 0 aromatic carbocycles. The molecule has 0 unspecified atom stereocenters. The quantitative estimate of drug-likeness (QED) is 0.611. The first kappa shape index (κ1) is 8.23. The molecule has 1 aromatic rings. The molecule has 68 valence electrons. The highest BCUT2D eigenvalue weighted by molar-refractivity contribution is 5.72. The maximum absolute atomic E-state index is 10.5. The van der Waals surface area contributed by atoms with E-state index in [0.29, 0.717) is 12.3 Å². The number of carbonyl (C=O) groups is 1. The van der Waals surface area contributed by atoms with Gasteiger partial charge in [-0.2, -0.15) is 0 Å². The van der Waals surface area contributed by atoms with Crippen LogP contribution in [0.15, 0.2) is 12.3 Å². The molecule has 0 radical (unpaired) electrons. The molecule has 3 heteroatoms. The van der Waals surface area contributed by atoms with Crippen molar-refractivity contribution >= 4 is 6.29 Å². The van der Waals surface area contributed by atoms with Crippen LogP contribution < -0.4 is 4.74 Å². The van der Waals surface area contributed by atoms with Gasteiger partial charge < -0.3 is 4.74 Å². The van der Waals surface area contributed by atoms with Crippen LogP contribution in [0.2, 0.25) is 0 Å². The van der Waals surface area contributed by atoms with E-state index < -0.39 is 0 Å². The molecule has 3 nitrogen and oxygen atoms in total. The Kier molecular flexibility index (Phi) is 1.62. The van der Waals surface area contributed by atoms with Crippen LogP contribution in [-0.4, -0.2) is 17.9 Å². The third-order valence-electron chi connectivity index (χ3n) is 2.33. The summed E-state index contributed by atoms with van der Waals surface area (Å²) in [5.74, 6) is 0.801. The zero-order chi connectivity index (χ0) is 9.47. The summed E-state index contributed by atoms with van der Waals surface area (Å²) in [4.78, 5) is 14.5. The van der Waals surface area contributed by atoms with Crippen LogP contribution in [0.3, 0.4) is 0 Å². The lowest BCUT2D eigenvalue weighted by Crippen LogP contribution is -2.18. The molecule has 2 heterocycles. The van der Waals surface area contributed by atoms with E-state index >= 15 is 0 Å². The minimum absolute atomic E-state index is 0.00394. The van der Waals surface area contributed by atoms with Gasteiger partial charge in [-0.15, -0.1) is 0 Å². The monoisotopic (exact) mass is 177 g/mol. The average molecular weight is 177 g/mol. The second-order valence-electron chi connectivity index (χ2n) is 3.90. The molecule has 0 bridgehead atoms. The van der Waals surface area contributed by atoms with E-state index in [1.807, 2.05) is 0 Å². The third-order valence-corrected chi connectivity index (χ3v) is 2.33. The molecule has 0 spiro atoms. The highest BCUT2D eigenvalue weighted by atomic mass is 16.5. The van der Waals surface area contributed by atoms with Crippen LogP contribution in [0.5, 0.6) is 5.75 Å². The van der Waals surface area contributed by atoms with Crippen molar-refractivity contribution < 1.29 is 9.53 Å². The molecule has 1 aliphatic heterocycles. The maximum atomic E-state index is 10.5. The van der Waals surface area contributed by atoms with Gasteiger partial charge in [0, 0.05) is 11.0 Å². The molecule has 0 N–H and O–H groups in total. The van der Waals surface area contributed by atoms with Crippen molar-refractivity contribution in [2.24, 2.45) is 0 Å². The van der Waals surface area contributed by atoms with Crippen molar-refractivity contribution in [1.29, 1.82) is 0 Å². The van der Waals surface area contributed by atoms with Gasteiger partial charge in [0.15, 0.2) is 6.29 Å². The Morgan fingerprint density at radius 2 is 2.38 bits per heavy atom. The molecule has 0 fully saturated rings. The Hall–Kier alpha value is -1.38. The second kappa shape index (κ2) is 2.55. The molecule has 13 heavy (non-hydrogen) atoms. The Morgan fingerprint density at radius 1 is 1.62 bits per heavy atom. The number of hydrogen-bond donors (Lipinski definition) is 0. The van der Waals surface area contributed by atoms with Crippen molar-refractivity contribution in [1.82, 2.24) is 4.98 Å². The van der Waals surface area contributed by atoms with Gasteiger partial charge in [0.25, 0.3) is 0 Å². The highest BCUT2D eigenvalue weighted by Crippen LogP contribution is 2.37. The molecule has 2 rings (SSSR count). The summed E-state index contributed by atoms with van der Waals surface area (Å²) in [5.41, 5.74) is 1.54. The van der Waals surface area contributed by atoms with Crippen LogP contribution in [-0.2, 0) is 5.41 Å². The predicted octanol–water partition coefficient (Wildman–Crippen LogP) is 1.56. The number of aromatic nitrogens is 1. The van der Waals surface area contributed by atoms with Crippen molar-refractivity contribution in [3.8, 4) is 5.75 Å². The Balaban J connectivity index is 2.55. The molecular weight excluding hydrogens is 166 g/mol. The van der Waals surface area contributed by atoms with Gasteiger partial charge >= 0.3 is 0 Å². The third kappa shape index (κ3) is 1.20. The fourth-order valence-corrected chi connectivity index (χ4v) is 1.50. The smallest absolute Gasteiger partial charge is 0.168 e. The summed E-state index contributed by atoms with van der Waals surface area (Å²) in [6, 6.07) is 1.80. The van der Waals surface area contributed by atoms with E-state index in [-0.39, 0.29) is 5.41 Å². The minimum Gasteiger partial charge on any atom is -0.491 e. The van der Waals surface area contributed by atoms with Gasteiger partial charge in [-0.3, -0.25) is 4.79 Å². The highest BCUT2D eigenvalue weighted by Gasteiger charge is 2.32. The van der Waals surface area contributed by atoms with E-state index in [1.54, 1.807) is 12.3 Å². The van der Waals surface area contributed by atoms with Crippen LogP contribution >= 0.6 is 0 Å². The maximum Gasteiger partial charge on any atom is 0.168 e.